The minimum Gasteiger partial charge on any atom is -0.448 e. The zero-order chi connectivity index (χ0) is 30.7. The standard InChI is InChI=1S/C28H25BrN6O6S2/c1-34(2)28-32-31-24(43-28)17-14-42-26-20(30-23(37)19(33-40)18(36)13-29)25(38)35(26)21(17)27(39)41-22(15-9-5-3-6-10-15)16-11-7-4-8-12-16/h3-12,20,22,26,40H,13-14H2,1-2H3,(H,30,37)/b33-19-/t20?,26-/m1/s1. The first-order valence-corrected chi connectivity index (χ1v) is 15.9. The Hall–Kier alpha value is -4.08. The molecule has 0 spiro atoms. The van der Waals surface area contributed by atoms with Gasteiger partial charge in [0.25, 0.3) is 11.8 Å². The van der Waals surface area contributed by atoms with Gasteiger partial charge >= 0.3 is 5.97 Å². The first-order chi connectivity index (χ1) is 20.7. The van der Waals surface area contributed by atoms with Gasteiger partial charge in [0.2, 0.25) is 16.6 Å². The zero-order valence-electron chi connectivity index (χ0n) is 22.8. The maximum absolute atomic E-state index is 14.1. The molecule has 2 aliphatic rings. The molecule has 0 bridgehead atoms. The number of β-lactam (4-membered cyclic amide) rings is 1. The lowest BCUT2D eigenvalue weighted by atomic mass is 10.0. The minimum absolute atomic E-state index is 0.00477. The largest absolute Gasteiger partial charge is 0.448 e. The lowest BCUT2D eigenvalue weighted by Gasteiger charge is -2.49. The van der Waals surface area contributed by atoms with E-state index in [4.69, 9.17) is 4.74 Å². The molecule has 2 aromatic carbocycles. The lowest BCUT2D eigenvalue weighted by Crippen LogP contribution is -2.71. The minimum atomic E-state index is -1.08. The summed E-state index contributed by atoms with van der Waals surface area (Å²) in [5, 5.41) is 23.1. The van der Waals surface area contributed by atoms with E-state index in [-0.39, 0.29) is 16.8 Å². The molecule has 2 atom stereocenters. The Morgan fingerprint density at radius 1 is 1.12 bits per heavy atom. The third kappa shape index (κ3) is 6.05. The van der Waals surface area contributed by atoms with Gasteiger partial charge in [0.1, 0.15) is 22.1 Å². The van der Waals surface area contributed by atoms with E-state index >= 15 is 0 Å². The SMILES string of the molecule is CN(C)c1nnc(C2=C(C(=O)OC(c3ccccc3)c3ccccc3)N3C(=O)C(NC(=O)/C(=N\O)C(=O)CBr)[C@H]3SC2)s1. The molecular formula is C28H25BrN6O6S2. The number of aromatic nitrogens is 2. The average molecular weight is 686 g/mol. The molecule has 0 aliphatic carbocycles. The quantitative estimate of drug-likeness (QED) is 0.0620. The van der Waals surface area contributed by atoms with Crippen LogP contribution in [0, 0.1) is 0 Å². The third-order valence-electron chi connectivity index (χ3n) is 6.63. The second-order valence-electron chi connectivity index (χ2n) is 9.58. The van der Waals surface area contributed by atoms with Crippen molar-refractivity contribution in [3.05, 3.63) is 82.5 Å². The van der Waals surface area contributed by atoms with Crippen LogP contribution in [0.5, 0.6) is 0 Å². The number of ether oxygens (including phenoxy) is 1. The molecule has 0 radical (unpaired) electrons. The first kappa shape index (κ1) is 30.4. The van der Waals surface area contributed by atoms with Crippen molar-refractivity contribution in [2.24, 2.45) is 5.16 Å². The topological polar surface area (TPSA) is 154 Å². The highest BCUT2D eigenvalue weighted by molar-refractivity contribution is 9.09. The first-order valence-electron chi connectivity index (χ1n) is 12.9. The Bertz CT molecular complexity index is 1570. The number of carbonyl (C=O) groups is 4. The number of nitrogens with zero attached hydrogens (tertiary/aromatic N) is 5. The summed E-state index contributed by atoms with van der Waals surface area (Å²) < 4.78 is 6.14. The molecule has 1 fully saturated rings. The molecule has 0 saturated carbocycles. The summed E-state index contributed by atoms with van der Waals surface area (Å²) in [7, 11) is 3.64. The molecule has 12 nitrogen and oxygen atoms in total. The second kappa shape index (κ2) is 13.1. The fraction of sp³-hybridized carbons (Fsp3) is 0.250. The van der Waals surface area contributed by atoms with E-state index in [0.717, 1.165) is 11.1 Å². The predicted molar refractivity (Wildman–Crippen MR) is 165 cm³/mol. The number of ketones is 1. The van der Waals surface area contributed by atoms with Gasteiger partial charge in [0, 0.05) is 25.4 Å². The van der Waals surface area contributed by atoms with E-state index < -0.39 is 46.8 Å². The maximum atomic E-state index is 14.1. The number of esters is 1. The Kier molecular flexibility index (Phi) is 9.22. The van der Waals surface area contributed by atoms with Crippen LogP contribution in [-0.4, -0.2) is 86.2 Å². The van der Waals surface area contributed by atoms with Crippen LogP contribution in [0.3, 0.4) is 0 Å². The summed E-state index contributed by atoms with van der Waals surface area (Å²) in [4.78, 5) is 55.4. The fourth-order valence-electron chi connectivity index (χ4n) is 4.54. The van der Waals surface area contributed by atoms with Crippen LogP contribution in [0.25, 0.3) is 5.57 Å². The van der Waals surface area contributed by atoms with E-state index in [0.29, 0.717) is 15.7 Å². The van der Waals surface area contributed by atoms with Crippen LogP contribution < -0.4 is 10.2 Å². The fourth-order valence-corrected chi connectivity index (χ4v) is 7.05. The summed E-state index contributed by atoms with van der Waals surface area (Å²) in [6, 6.07) is 17.4. The number of benzene rings is 2. The number of fused-ring (bicyclic) bond motifs is 1. The van der Waals surface area contributed by atoms with Crippen LogP contribution in [0.2, 0.25) is 0 Å². The van der Waals surface area contributed by atoms with E-state index in [2.05, 4.69) is 36.6 Å². The molecule has 1 unspecified atom stereocenters. The Morgan fingerprint density at radius 3 is 2.28 bits per heavy atom. The van der Waals surface area contributed by atoms with Crippen molar-refractivity contribution in [1.82, 2.24) is 20.4 Å². The van der Waals surface area contributed by atoms with Crippen molar-refractivity contribution in [3.63, 3.8) is 0 Å². The number of hydrogen-bond acceptors (Lipinski definition) is 12. The summed E-state index contributed by atoms with van der Waals surface area (Å²) in [6.07, 6.45) is -0.770. The highest BCUT2D eigenvalue weighted by Crippen LogP contribution is 2.45. The highest BCUT2D eigenvalue weighted by Gasteiger charge is 2.55. The van der Waals surface area contributed by atoms with Crippen LogP contribution >= 0.6 is 39.0 Å². The zero-order valence-corrected chi connectivity index (χ0v) is 26.1. The molecule has 3 aromatic rings. The van der Waals surface area contributed by atoms with E-state index in [1.54, 1.807) is 4.90 Å². The molecule has 43 heavy (non-hydrogen) atoms. The number of carbonyl (C=O) groups excluding carboxylic acids is 4. The van der Waals surface area contributed by atoms with Gasteiger partial charge < -0.3 is 20.2 Å². The molecule has 1 aromatic heterocycles. The number of thioether (sulfide) groups is 1. The van der Waals surface area contributed by atoms with E-state index in [1.807, 2.05) is 74.8 Å². The number of anilines is 1. The summed E-state index contributed by atoms with van der Waals surface area (Å²) >= 11 is 5.51. The van der Waals surface area contributed by atoms with Crippen molar-refractivity contribution in [2.45, 2.75) is 17.5 Å². The van der Waals surface area contributed by atoms with Crippen molar-refractivity contribution in [3.8, 4) is 0 Å². The summed E-state index contributed by atoms with van der Waals surface area (Å²) in [5.74, 6) is -2.84. The predicted octanol–water partition coefficient (Wildman–Crippen LogP) is 2.84. The molecule has 2 amide bonds. The molecule has 2 N–H and O–H groups in total. The van der Waals surface area contributed by atoms with Gasteiger partial charge in [-0.05, 0) is 11.1 Å². The molecule has 222 valence electrons. The second-order valence-corrected chi connectivity index (χ2v) is 12.2. The normalized spacial score (nSPS) is 18.2. The lowest BCUT2D eigenvalue weighted by molar-refractivity contribution is -0.154. The van der Waals surface area contributed by atoms with Crippen LogP contribution in [0.4, 0.5) is 5.13 Å². The molecule has 5 rings (SSSR count). The highest BCUT2D eigenvalue weighted by atomic mass is 79.9. The Labute approximate surface area is 262 Å². The van der Waals surface area contributed by atoms with Gasteiger partial charge in [0.05, 0.1) is 5.33 Å². The van der Waals surface area contributed by atoms with E-state index in [9.17, 15) is 24.4 Å². The van der Waals surface area contributed by atoms with Gasteiger partial charge in [-0.2, -0.15) is 0 Å². The van der Waals surface area contributed by atoms with Crippen LogP contribution in [0.1, 0.15) is 22.2 Å². The number of Topliss-reactive ketones (excluding diaryl/α,β-unsaturated/α-hetero) is 1. The number of rotatable bonds is 10. The number of hydrogen-bond donors (Lipinski definition) is 2. The smallest absolute Gasteiger partial charge is 0.356 e. The number of nitrogens with one attached hydrogen (secondary N) is 1. The monoisotopic (exact) mass is 684 g/mol. The van der Waals surface area contributed by atoms with Crippen molar-refractivity contribution in [2.75, 3.05) is 30.1 Å². The van der Waals surface area contributed by atoms with Gasteiger partial charge in [-0.3, -0.25) is 19.3 Å². The van der Waals surface area contributed by atoms with Crippen molar-refractivity contribution in [1.29, 1.82) is 0 Å². The molecule has 15 heteroatoms. The molecule has 3 heterocycles. The Morgan fingerprint density at radius 2 is 1.74 bits per heavy atom. The average Bonchev–Trinajstić information content (AvgIpc) is 3.53. The Balaban J connectivity index is 1.50. The van der Waals surface area contributed by atoms with Crippen molar-refractivity contribution >= 4 is 79.0 Å². The summed E-state index contributed by atoms with van der Waals surface area (Å²) in [6.45, 7) is 0. The molecule has 1 saturated heterocycles. The number of halogens is 1. The van der Waals surface area contributed by atoms with Gasteiger partial charge in [-0.25, -0.2) is 4.79 Å². The van der Waals surface area contributed by atoms with Gasteiger partial charge in [0.15, 0.2) is 6.10 Å². The number of amides is 2. The van der Waals surface area contributed by atoms with Crippen LogP contribution in [0.15, 0.2) is 71.5 Å². The van der Waals surface area contributed by atoms with E-state index in [1.165, 1.54) is 28.0 Å². The van der Waals surface area contributed by atoms with Crippen LogP contribution in [-0.2, 0) is 23.9 Å². The number of alkyl halides is 1. The maximum Gasteiger partial charge on any atom is 0.356 e. The third-order valence-corrected chi connectivity index (χ3v) is 9.57. The molecule has 2 aliphatic heterocycles. The number of oxime groups is 1. The van der Waals surface area contributed by atoms with Gasteiger partial charge in [-0.1, -0.05) is 93.1 Å². The molecular weight excluding hydrogens is 660 g/mol. The summed E-state index contributed by atoms with van der Waals surface area (Å²) in [5.41, 5.74) is 1.22. The van der Waals surface area contributed by atoms with Crippen molar-refractivity contribution < 1.29 is 29.1 Å². The van der Waals surface area contributed by atoms with Gasteiger partial charge in [-0.15, -0.1) is 22.0 Å².